The molecule has 0 aliphatic heterocycles. The van der Waals surface area contributed by atoms with Crippen molar-refractivity contribution in [3.05, 3.63) is 34.3 Å². The smallest absolute Gasteiger partial charge is 0.317 e. The molecule has 1 aromatic carbocycles. The number of rotatable bonds is 8. The van der Waals surface area contributed by atoms with Crippen molar-refractivity contribution in [2.24, 2.45) is 0 Å². The number of hydrogen-bond acceptors (Lipinski definition) is 2. The summed E-state index contributed by atoms with van der Waals surface area (Å²) in [6.45, 7) is 1.10. The van der Waals surface area contributed by atoms with E-state index in [-0.39, 0.29) is 12.5 Å². The van der Waals surface area contributed by atoms with E-state index in [4.69, 9.17) is 5.11 Å². The van der Waals surface area contributed by atoms with Gasteiger partial charge in [-0.05, 0) is 24.5 Å². The molecule has 0 atom stereocenters. The Labute approximate surface area is 133 Å². The van der Waals surface area contributed by atoms with Crippen LogP contribution in [0.1, 0.15) is 31.2 Å². The highest BCUT2D eigenvalue weighted by Gasteiger charge is 2.09. The molecule has 0 unspecified atom stereocenters. The number of carboxylic acids is 1. The van der Waals surface area contributed by atoms with Crippen LogP contribution in [0.2, 0.25) is 0 Å². The van der Waals surface area contributed by atoms with Gasteiger partial charge in [-0.3, -0.25) is 4.79 Å². The minimum Gasteiger partial charge on any atom is -0.481 e. The van der Waals surface area contributed by atoms with E-state index in [9.17, 15) is 9.59 Å². The lowest BCUT2D eigenvalue weighted by Crippen LogP contribution is -2.37. The number of unbranched alkanes of at least 4 members (excludes halogenated alkanes) is 2. The Bertz CT molecular complexity index is 480. The molecular formula is C15H21BrN2O3. The molecule has 5 nitrogen and oxygen atoms in total. The number of amides is 2. The van der Waals surface area contributed by atoms with Crippen LogP contribution in [-0.2, 0) is 11.3 Å². The van der Waals surface area contributed by atoms with Gasteiger partial charge in [-0.2, -0.15) is 0 Å². The van der Waals surface area contributed by atoms with Gasteiger partial charge in [0.2, 0.25) is 0 Å². The van der Waals surface area contributed by atoms with Crippen molar-refractivity contribution in [2.45, 2.75) is 32.2 Å². The third-order valence-electron chi connectivity index (χ3n) is 3.06. The highest BCUT2D eigenvalue weighted by molar-refractivity contribution is 9.10. The third-order valence-corrected chi connectivity index (χ3v) is 3.83. The van der Waals surface area contributed by atoms with Crippen LogP contribution in [0.3, 0.4) is 0 Å². The van der Waals surface area contributed by atoms with Crippen molar-refractivity contribution in [3.8, 4) is 0 Å². The van der Waals surface area contributed by atoms with Crippen LogP contribution in [0, 0.1) is 0 Å². The summed E-state index contributed by atoms with van der Waals surface area (Å²) in [6, 6.07) is 7.67. The van der Waals surface area contributed by atoms with Gasteiger partial charge < -0.3 is 15.3 Å². The van der Waals surface area contributed by atoms with Gasteiger partial charge in [0.1, 0.15) is 0 Å². The summed E-state index contributed by atoms with van der Waals surface area (Å²) in [7, 11) is 1.75. The summed E-state index contributed by atoms with van der Waals surface area (Å²) in [5, 5.41) is 11.3. The van der Waals surface area contributed by atoms with Crippen molar-refractivity contribution in [1.29, 1.82) is 0 Å². The third kappa shape index (κ3) is 7.13. The van der Waals surface area contributed by atoms with E-state index in [0.29, 0.717) is 19.5 Å². The van der Waals surface area contributed by atoms with Crippen LogP contribution >= 0.6 is 15.9 Å². The average molecular weight is 357 g/mol. The number of nitrogens with zero attached hydrogens (tertiary/aromatic N) is 1. The van der Waals surface area contributed by atoms with E-state index >= 15 is 0 Å². The van der Waals surface area contributed by atoms with Gasteiger partial charge in [-0.25, -0.2) is 4.79 Å². The van der Waals surface area contributed by atoms with Crippen molar-refractivity contribution in [1.82, 2.24) is 10.2 Å². The maximum atomic E-state index is 11.9. The van der Waals surface area contributed by atoms with Crippen LogP contribution in [0.15, 0.2) is 28.7 Å². The first-order chi connectivity index (χ1) is 10.0. The number of aliphatic carboxylic acids is 1. The van der Waals surface area contributed by atoms with E-state index in [2.05, 4.69) is 21.2 Å². The molecule has 1 aromatic rings. The second kappa shape index (κ2) is 9.39. The van der Waals surface area contributed by atoms with Gasteiger partial charge in [0, 0.05) is 31.0 Å². The van der Waals surface area contributed by atoms with Gasteiger partial charge in [0.15, 0.2) is 0 Å². The summed E-state index contributed by atoms with van der Waals surface area (Å²) in [6.07, 6.45) is 2.44. The first-order valence-electron chi connectivity index (χ1n) is 6.95. The normalized spacial score (nSPS) is 10.2. The van der Waals surface area contributed by atoms with Crippen LogP contribution < -0.4 is 5.32 Å². The summed E-state index contributed by atoms with van der Waals surface area (Å²) in [5.41, 5.74) is 1.05. The SMILES string of the molecule is CN(Cc1ccccc1Br)C(=O)NCCCCCC(=O)O. The Kier molecular flexibility index (Phi) is 7.82. The predicted octanol–water partition coefficient (Wildman–Crippen LogP) is 3.24. The number of hydrogen-bond donors (Lipinski definition) is 2. The fourth-order valence-electron chi connectivity index (χ4n) is 1.86. The maximum absolute atomic E-state index is 11.9. The molecule has 21 heavy (non-hydrogen) atoms. The summed E-state index contributed by atoms with van der Waals surface area (Å²) < 4.78 is 0.985. The fourth-order valence-corrected chi connectivity index (χ4v) is 2.27. The molecule has 0 fully saturated rings. The molecule has 0 aliphatic rings. The molecule has 116 valence electrons. The Morgan fingerprint density at radius 3 is 2.62 bits per heavy atom. The number of benzene rings is 1. The molecule has 2 N–H and O–H groups in total. The topological polar surface area (TPSA) is 69.6 Å². The van der Waals surface area contributed by atoms with Gasteiger partial charge in [0.05, 0.1) is 0 Å². The van der Waals surface area contributed by atoms with Gasteiger partial charge in [-0.15, -0.1) is 0 Å². The van der Waals surface area contributed by atoms with Crippen molar-refractivity contribution >= 4 is 27.9 Å². The van der Waals surface area contributed by atoms with Crippen molar-refractivity contribution in [2.75, 3.05) is 13.6 Å². The van der Waals surface area contributed by atoms with Crippen LogP contribution in [-0.4, -0.2) is 35.6 Å². The van der Waals surface area contributed by atoms with E-state index < -0.39 is 5.97 Å². The van der Waals surface area contributed by atoms with Crippen LogP contribution in [0.5, 0.6) is 0 Å². The molecule has 0 radical (unpaired) electrons. The zero-order chi connectivity index (χ0) is 15.7. The van der Waals surface area contributed by atoms with Crippen molar-refractivity contribution in [3.63, 3.8) is 0 Å². The molecule has 0 saturated carbocycles. The zero-order valence-corrected chi connectivity index (χ0v) is 13.7. The van der Waals surface area contributed by atoms with Gasteiger partial charge >= 0.3 is 12.0 Å². The largest absolute Gasteiger partial charge is 0.481 e. The van der Waals surface area contributed by atoms with E-state index in [1.54, 1.807) is 11.9 Å². The monoisotopic (exact) mass is 356 g/mol. The van der Waals surface area contributed by atoms with Crippen LogP contribution in [0.25, 0.3) is 0 Å². The molecular weight excluding hydrogens is 336 g/mol. The molecule has 0 aliphatic carbocycles. The summed E-state index contributed by atoms with van der Waals surface area (Å²) in [5.74, 6) is -0.771. The van der Waals surface area contributed by atoms with Crippen LogP contribution in [0.4, 0.5) is 4.79 Å². The Hall–Kier alpha value is -1.56. The molecule has 6 heteroatoms. The number of urea groups is 1. The second-order valence-electron chi connectivity index (χ2n) is 4.88. The number of carbonyl (C=O) groups is 2. The Morgan fingerprint density at radius 2 is 1.95 bits per heavy atom. The Balaban J connectivity index is 2.23. The molecule has 0 bridgehead atoms. The number of carboxylic acid groups (broad SMARTS) is 1. The minimum atomic E-state index is -0.771. The minimum absolute atomic E-state index is 0.121. The van der Waals surface area contributed by atoms with Gasteiger partial charge in [0.25, 0.3) is 0 Å². The second-order valence-corrected chi connectivity index (χ2v) is 5.74. The average Bonchev–Trinajstić information content (AvgIpc) is 2.44. The first-order valence-corrected chi connectivity index (χ1v) is 7.74. The first kappa shape index (κ1) is 17.5. The fraction of sp³-hybridized carbons (Fsp3) is 0.467. The summed E-state index contributed by atoms with van der Waals surface area (Å²) >= 11 is 3.46. The standard InChI is InChI=1S/C15H21BrN2O3/c1-18(11-12-7-4-5-8-13(12)16)15(21)17-10-6-2-3-9-14(19)20/h4-5,7-8H,2-3,6,9-11H2,1H3,(H,17,21)(H,19,20). The highest BCUT2D eigenvalue weighted by atomic mass is 79.9. The highest BCUT2D eigenvalue weighted by Crippen LogP contribution is 2.17. The lowest BCUT2D eigenvalue weighted by atomic mass is 10.2. The number of nitrogens with one attached hydrogen (secondary N) is 1. The lowest BCUT2D eigenvalue weighted by Gasteiger charge is -2.18. The summed E-state index contributed by atoms with van der Waals surface area (Å²) in [4.78, 5) is 23.9. The lowest BCUT2D eigenvalue weighted by molar-refractivity contribution is -0.137. The number of carbonyl (C=O) groups excluding carboxylic acids is 1. The predicted molar refractivity (Wildman–Crippen MR) is 85.1 cm³/mol. The zero-order valence-electron chi connectivity index (χ0n) is 12.1. The van der Waals surface area contributed by atoms with E-state index in [1.807, 2.05) is 24.3 Å². The van der Waals surface area contributed by atoms with E-state index in [1.165, 1.54) is 0 Å². The Morgan fingerprint density at radius 1 is 1.24 bits per heavy atom. The molecule has 0 saturated heterocycles. The molecule has 1 rings (SSSR count). The maximum Gasteiger partial charge on any atom is 0.317 e. The van der Waals surface area contributed by atoms with Crippen molar-refractivity contribution < 1.29 is 14.7 Å². The van der Waals surface area contributed by atoms with E-state index in [0.717, 1.165) is 22.9 Å². The molecule has 0 aromatic heterocycles. The number of halogens is 1. The van der Waals surface area contributed by atoms with Gasteiger partial charge in [-0.1, -0.05) is 40.5 Å². The quantitative estimate of drug-likeness (QED) is 0.702. The molecule has 0 heterocycles. The molecule has 2 amide bonds. The molecule has 0 spiro atoms.